The molecule has 1 fully saturated rings. The van der Waals surface area contributed by atoms with E-state index in [4.69, 9.17) is 31.6 Å². The first-order chi connectivity index (χ1) is 7.67. The van der Waals surface area contributed by atoms with Crippen molar-refractivity contribution >= 4 is 0 Å². The quantitative estimate of drug-likeness (QED) is 0.365. The minimum Gasteiger partial charge on any atom is -0.396 e. The van der Waals surface area contributed by atoms with Crippen LogP contribution in [0.3, 0.4) is 0 Å². The second kappa shape index (κ2) is 9.58. The van der Waals surface area contributed by atoms with E-state index in [1.807, 2.05) is 0 Å². The number of ether oxygens (including phenoxy) is 1. The Morgan fingerprint density at radius 1 is 1.31 bits per heavy atom. The number of hydrogen-bond donors (Lipinski definition) is 4. The fourth-order valence-electron chi connectivity index (χ4n) is 1.20. The zero-order valence-electron chi connectivity index (χ0n) is 9.25. The third kappa shape index (κ3) is 6.05. The average Bonchev–Trinajstić information content (AvgIpc) is 2.31. The average molecular weight is 232 g/mol. The lowest BCUT2D eigenvalue weighted by molar-refractivity contribution is -0.147. The van der Waals surface area contributed by atoms with Gasteiger partial charge in [-0.25, -0.2) is 0 Å². The van der Waals surface area contributed by atoms with Crippen LogP contribution >= 0.6 is 0 Å². The molecule has 3 unspecified atom stereocenters. The summed E-state index contributed by atoms with van der Waals surface area (Å²) in [5.41, 5.74) is 0. The van der Waals surface area contributed by atoms with Crippen LogP contribution in [0.2, 0.25) is 0 Å². The number of terminal acetylenes is 1. The molecule has 0 aromatic carbocycles. The highest BCUT2D eigenvalue weighted by Gasteiger charge is 2.30. The molecule has 16 heavy (non-hydrogen) atoms. The number of aliphatic hydroxyl groups is 4. The minimum atomic E-state index is -0.932. The smallest absolute Gasteiger partial charge is 0.109 e. The van der Waals surface area contributed by atoms with Gasteiger partial charge in [-0.15, -0.1) is 12.3 Å². The highest BCUT2D eigenvalue weighted by molar-refractivity contribution is 4.82. The molecule has 3 atom stereocenters. The van der Waals surface area contributed by atoms with Crippen molar-refractivity contribution in [2.45, 2.75) is 37.6 Å². The van der Waals surface area contributed by atoms with Crippen LogP contribution in [-0.2, 0) is 4.74 Å². The Bertz CT molecular complexity index is 201. The molecule has 5 heteroatoms. The van der Waals surface area contributed by atoms with Gasteiger partial charge in [0.1, 0.15) is 12.2 Å². The van der Waals surface area contributed by atoms with Gasteiger partial charge in [0.15, 0.2) is 0 Å². The van der Waals surface area contributed by atoms with Crippen LogP contribution < -0.4 is 0 Å². The van der Waals surface area contributed by atoms with Crippen molar-refractivity contribution in [1.29, 1.82) is 0 Å². The number of unbranched alkanes of at least 4 members (excludes halogenated alkanes) is 1. The van der Waals surface area contributed by atoms with Gasteiger partial charge in [-0.1, -0.05) is 0 Å². The molecule has 1 aliphatic rings. The van der Waals surface area contributed by atoms with Gasteiger partial charge < -0.3 is 25.2 Å². The molecule has 0 spiro atoms. The molecule has 0 radical (unpaired) electrons. The van der Waals surface area contributed by atoms with E-state index in [1.54, 1.807) is 0 Å². The summed E-state index contributed by atoms with van der Waals surface area (Å²) in [5.74, 6) is 2.41. The fourth-order valence-corrected chi connectivity index (χ4v) is 1.20. The summed E-state index contributed by atoms with van der Waals surface area (Å²) in [6, 6.07) is 0. The second-order valence-corrected chi connectivity index (χ2v) is 3.47. The number of hydrogen-bond acceptors (Lipinski definition) is 5. The lowest BCUT2D eigenvalue weighted by atomic mass is 10.0. The van der Waals surface area contributed by atoms with Crippen molar-refractivity contribution in [1.82, 2.24) is 0 Å². The Labute approximate surface area is 95.7 Å². The lowest BCUT2D eigenvalue weighted by Gasteiger charge is -2.30. The molecule has 94 valence electrons. The third-order valence-corrected chi connectivity index (χ3v) is 2.18. The summed E-state index contributed by atoms with van der Waals surface area (Å²) in [6.07, 6.45) is 4.44. The first-order valence-electron chi connectivity index (χ1n) is 5.30. The second-order valence-electron chi connectivity index (χ2n) is 3.47. The zero-order valence-corrected chi connectivity index (χ0v) is 9.25. The molecule has 4 N–H and O–H groups in total. The fraction of sp³-hybridized carbons (Fsp3) is 0.818. The summed E-state index contributed by atoms with van der Waals surface area (Å²) in [7, 11) is 0. The van der Waals surface area contributed by atoms with E-state index in [2.05, 4.69) is 5.92 Å². The molecule has 0 amide bonds. The molecular weight excluding hydrogens is 212 g/mol. The Balaban J connectivity index is 0.000000325. The maximum absolute atomic E-state index is 9.10. The molecule has 1 rings (SSSR count). The first kappa shape index (κ1) is 15.4. The Kier molecular flexibility index (Phi) is 9.19. The van der Waals surface area contributed by atoms with Gasteiger partial charge >= 0.3 is 0 Å². The SMILES string of the molecule is C#CCCCO.OCC1OCCC(O)C1O. The van der Waals surface area contributed by atoms with Crippen molar-refractivity contribution in [2.24, 2.45) is 0 Å². The van der Waals surface area contributed by atoms with Crippen LogP contribution in [0.5, 0.6) is 0 Å². The van der Waals surface area contributed by atoms with Crippen molar-refractivity contribution in [3.63, 3.8) is 0 Å². The zero-order chi connectivity index (χ0) is 12.4. The van der Waals surface area contributed by atoms with Crippen LogP contribution in [0, 0.1) is 12.3 Å². The molecule has 1 saturated heterocycles. The third-order valence-electron chi connectivity index (χ3n) is 2.18. The summed E-state index contributed by atoms with van der Waals surface area (Å²) < 4.78 is 4.95. The first-order valence-corrected chi connectivity index (χ1v) is 5.30. The van der Waals surface area contributed by atoms with Crippen LogP contribution in [0.1, 0.15) is 19.3 Å². The summed E-state index contributed by atoms with van der Waals surface area (Å²) in [4.78, 5) is 0. The van der Waals surface area contributed by atoms with Crippen LogP contribution in [0.15, 0.2) is 0 Å². The van der Waals surface area contributed by atoms with Gasteiger partial charge in [-0.05, 0) is 12.8 Å². The van der Waals surface area contributed by atoms with E-state index in [-0.39, 0.29) is 13.2 Å². The molecule has 1 aliphatic heterocycles. The summed E-state index contributed by atoms with van der Waals surface area (Å²) in [5, 5.41) is 34.8. The normalized spacial score (nSPS) is 28.8. The van der Waals surface area contributed by atoms with Crippen LogP contribution in [-0.4, -0.2) is 58.6 Å². The molecule has 0 aliphatic carbocycles. The Hall–Kier alpha value is -0.640. The molecule has 0 saturated carbocycles. The maximum atomic E-state index is 9.10. The lowest BCUT2D eigenvalue weighted by Crippen LogP contribution is -2.46. The van der Waals surface area contributed by atoms with E-state index in [1.165, 1.54) is 0 Å². The Morgan fingerprint density at radius 3 is 2.38 bits per heavy atom. The molecule has 1 heterocycles. The van der Waals surface area contributed by atoms with Gasteiger partial charge in [0.05, 0.1) is 12.7 Å². The van der Waals surface area contributed by atoms with Crippen molar-refractivity contribution in [2.75, 3.05) is 19.8 Å². The van der Waals surface area contributed by atoms with Gasteiger partial charge in [-0.3, -0.25) is 0 Å². The van der Waals surface area contributed by atoms with E-state index in [0.717, 1.165) is 6.42 Å². The predicted molar refractivity (Wildman–Crippen MR) is 58.6 cm³/mol. The number of rotatable bonds is 3. The van der Waals surface area contributed by atoms with E-state index < -0.39 is 18.3 Å². The summed E-state index contributed by atoms with van der Waals surface area (Å²) in [6.45, 7) is 0.381. The summed E-state index contributed by atoms with van der Waals surface area (Å²) >= 11 is 0. The minimum absolute atomic E-state index is 0.212. The van der Waals surface area contributed by atoms with Crippen molar-refractivity contribution < 1.29 is 25.2 Å². The Morgan fingerprint density at radius 2 is 2.00 bits per heavy atom. The van der Waals surface area contributed by atoms with E-state index in [9.17, 15) is 0 Å². The van der Waals surface area contributed by atoms with Gasteiger partial charge in [0.25, 0.3) is 0 Å². The standard InChI is InChI=1S/C6H12O4.C5H8O/c7-3-5-6(9)4(8)1-2-10-5;1-2-3-4-5-6/h4-9H,1-3H2;1,6H,3-5H2. The monoisotopic (exact) mass is 232 g/mol. The number of aliphatic hydroxyl groups excluding tert-OH is 4. The maximum Gasteiger partial charge on any atom is 0.109 e. The van der Waals surface area contributed by atoms with Crippen LogP contribution in [0.4, 0.5) is 0 Å². The topological polar surface area (TPSA) is 90.2 Å². The van der Waals surface area contributed by atoms with E-state index in [0.29, 0.717) is 19.4 Å². The van der Waals surface area contributed by atoms with Gasteiger partial charge in [0.2, 0.25) is 0 Å². The molecule has 0 aromatic rings. The molecule has 0 aromatic heterocycles. The molecular formula is C11H20O5. The van der Waals surface area contributed by atoms with Crippen molar-refractivity contribution in [3.05, 3.63) is 0 Å². The highest BCUT2D eigenvalue weighted by Crippen LogP contribution is 2.13. The van der Waals surface area contributed by atoms with Crippen molar-refractivity contribution in [3.8, 4) is 12.3 Å². The van der Waals surface area contributed by atoms with Gasteiger partial charge in [-0.2, -0.15) is 0 Å². The highest BCUT2D eigenvalue weighted by atomic mass is 16.5. The largest absolute Gasteiger partial charge is 0.396 e. The van der Waals surface area contributed by atoms with Crippen LogP contribution in [0.25, 0.3) is 0 Å². The predicted octanol–water partition coefficient (Wildman–Crippen LogP) is -1.12. The van der Waals surface area contributed by atoms with E-state index >= 15 is 0 Å². The van der Waals surface area contributed by atoms with Gasteiger partial charge in [0, 0.05) is 19.6 Å². The molecule has 5 nitrogen and oxygen atoms in total. The molecule has 0 bridgehead atoms.